The summed E-state index contributed by atoms with van der Waals surface area (Å²) in [4.78, 5) is 16.0. The van der Waals surface area contributed by atoms with Crippen LogP contribution in [0.3, 0.4) is 0 Å². The SMILES string of the molecule is COc1ccc(S[C@@H]2C[C@@H](C(=O)NC3CCS(=O)(=O)C3)N(Cc3cccc(C(F)(F)F)c3)C2)cc1. The van der Waals surface area contributed by atoms with Crippen LogP contribution in [0.25, 0.3) is 0 Å². The Bertz CT molecular complexity index is 1160. The molecule has 0 aromatic heterocycles. The van der Waals surface area contributed by atoms with Gasteiger partial charge in [-0.15, -0.1) is 11.8 Å². The first kappa shape index (κ1) is 25.8. The summed E-state index contributed by atoms with van der Waals surface area (Å²) in [5.74, 6) is 0.419. The second kappa shape index (κ2) is 10.4. The Morgan fingerprint density at radius 2 is 1.94 bits per heavy atom. The second-order valence-electron chi connectivity index (χ2n) is 8.90. The van der Waals surface area contributed by atoms with Crippen LogP contribution in [0.1, 0.15) is 24.0 Å². The lowest BCUT2D eigenvalue weighted by atomic mass is 10.1. The van der Waals surface area contributed by atoms with E-state index in [9.17, 15) is 26.4 Å². The number of nitrogens with one attached hydrogen (secondary N) is 1. The van der Waals surface area contributed by atoms with E-state index in [1.54, 1.807) is 24.9 Å². The molecule has 4 rings (SSSR count). The number of carbonyl (C=O) groups is 1. The van der Waals surface area contributed by atoms with E-state index in [2.05, 4.69) is 5.32 Å². The highest BCUT2D eigenvalue weighted by Gasteiger charge is 2.39. The van der Waals surface area contributed by atoms with Crippen molar-refractivity contribution in [2.24, 2.45) is 0 Å². The number of ether oxygens (including phenoxy) is 1. The summed E-state index contributed by atoms with van der Waals surface area (Å²) in [6, 6.07) is 11.7. The summed E-state index contributed by atoms with van der Waals surface area (Å²) < 4.78 is 68.4. The Labute approximate surface area is 207 Å². The molecule has 2 aromatic rings. The van der Waals surface area contributed by atoms with Gasteiger partial charge >= 0.3 is 6.18 Å². The highest BCUT2D eigenvalue weighted by atomic mass is 32.2. The Hall–Kier alpha value is -2.24. The van der Waals surface area contributed by atoms with Crippen molar-refractivity contribution in [2.45, 2.75) is 47.8 Å². The monoisotopic (exact) mass is 528 g/mol. The van der Waals surface area contributed by atoms with Crippen LogP contribution in [0, 0.1) is 0 Å². The van der Waals surface area contributed by atoms with Crippen molar-refractivity contribution in [3.63, 3.8) is 0 Å². The summed E-state index contributed by atoms with van der Waals surface area (Å²) in [5, 5.41) is 2.90. The Kier molecular flexibility index (Phi) is 7.68. The van der Waals surface area contributed by atoms with Gasteiger partial charge in [0.05, 0.1) is 30.2 Å². The fraction of sp³-hybridized carbons (Fsp3) is 0.458. The zero-order valence-electron chi connectivity index (χ0n) is 19.1. The third-order valence-electron chi connectivity index (χ3n) is 6.25. The summed E-state index contributed by atoms with van der Waals surface area (Å²) >= 11 is 1.60. The van der Waals surface area contributed by atoms with Crippen LogP contribution < -0.4 is 10.1 Å². The highest BCUT2D eigenvalue weighted by Crippen LogP contribution is 2.35. The first-order valence-electron chi connectivity index (χ1n) is 11.2. The third-order valence-corrected chi connectivity index (χ3v) is 9.24. The zero-order valence-corrected chi connectivity index (χ0v) is 20.8. The third kappa shape index (κ3) is 6.71. The average molecular weight is 529 g/mol. The van der Waals surface area contributed by atoms with E-state index in [4.69, 9.17) is 4.74 Å². The maximum atomic E-state index is 13.2. The quantitative estimate of drug-likeness (QED) is 0.590. The minimum Gasteiger partial charge on any atom is -0.497 e. The fourth-order valence-corrected chi connectivity index (χ4v) is 7.42. The minimum absolute atomic E-state index is 0.0391. The molecule has 2 saturated heterocycles. The standard InChI is InChI=1S/C24H27F3N2O4S2/c1-33-19-5-7-20(8-6-19)34-21-12-22(23(30)28-18-9-10-35(31,32)15-18)29(14-21)13-16-3-2-4-17(11-16)24(25,26)27/h2-8,11,18,21-22H,9-10,12-15H2,1H3,(H,28,30)/t18?,21-,22+/m1/s1. The lowest BCUT2D eigenvalue weighted by Crippen LogP contribution is -2.47. The number of carbonyl (C=O) groups excluding carboxylic acids is 1. The van der Waals surface area contributed by atoms with Gasteiger partial charge in [-0.25, -0.2) is 8.42 Å². The largest absolute Gasteiger partial charge is 0.497 e. The van der Waals surface area contributed by atoms with Crippen molar-refractivity contribution in [1.29, 1.82) is 0 Å². The molecular formula is C24H27F3N2O4S2. The van der Waals surface area contributed by atoms with Crippen molar-refractivity contribution in [2.75, 3.05) is 25.2 Å². The van der Waals surface area contributed by atoms with Gasteiger partial charge in [-0.1, -0.05) is 18.2 Å². The molecule has 0 radical (unpaired) electrons. The van der Waals surface area contributed by atoms with E-state index in [0.29, 0.717) is 24.9 Å². The Morgan fingerprint density at radius 3 is 2.57 bits per heavy atom. The maximum absolute atomic E-state index is 13.2. The van der Waals surface area contributed by atoms with Crippen LogP contribution in [0.4, 0.5) is 13.2 Å². The van der Waals surface area contributed by atoms with Gasteiger partial charge in [-0.3, -0.25) is 9.69 Å². The number of thioether (sulfide) groups is 1. The summed E-state index contributed by atoms with van der Waals surface area (Å²) in [6.07, 6.45) is -3.57. The number of likely N-dealkylation sites (tertiary alicyclic amines) is 1. The smallest absolute Gasteiger partial charge is 0.416 e. The van der Waals surface area contributed by atoms with Crippen molar-refractivity contribution in [3.05, 3.63) is 59.7 Å². The molecule has 2 aliphatic rings. The van der Waals surface area contributed by atoms with Crippen molar-refractivity contribution >= 4 is 27.5 Å². The Morgan fingerprint density at radius 1 is 1.20 bits per heavy atom. The highest BCUT2D eigenvalue weighted by molar-refractivity contribution is 8.00. The second-order valence-corrected chi connectivity index (χ2v) is 12.5. The molecule has 1 N–H and O–H groups in total. The lowest BCUT2D eigenvalue weighted by Gasteiger charge is -2.25. The number of hydrogen-bond donors (Lipinski definition) is 1. The van der Waals surface area contributed by atoms with E-state index in [1.165, 1.54) is 6.07 Å². The first-order valence-corrected chi connectivity index (χ1v) is 13.9. The molecule has 190 valence electrons. The van der Waals surface area contributed by atoms with Gasteiger partial charge < -0.3 is 10.1 Å². The molecule has 11 heteroatoms. The normalized spacial score (nSPS) is 24.4. The van der Waals surface area contributed by atoms with Crippen LogP contribution in [-0.2, 0) is 27.4 Å². The molecule has 6 nitrogen and oxygen atoms in total. The van der Waals surface area contributed by atoms with Crippen molar-refractivity contribution in [3.8, 4) is 5.75 Å². The molecule has 2 fully saturated rings. The number of benzene rings is 2. The van der Waals surface area contributed by atoms with E-state index in [1.807, 2.05) is 29.2 Å². The summed E-state index contributed by atoms with van der Waals surface area (Å²) in [6.45, 7) is 0.693. The molecule has 0 aliphatic carbocycles. The molecular weight excluding hydrogens is 501 g/mol. The van der Waals surface area contributed by atoms with Gasteiger partial charge in [0, 0.05) is 29.3 Å². The molecule has 2 aliphatic heterocycles. The number of amides is 1. The van der Waals surface area contributed by atoms with Crippen LogP contribution in [-0.4, -0.2) is 61.7 Å². The van der Waals surface area contributed by atoms with Gasteiger partial charge in [-0.05, 0) is 48.7 Å². The van der Waals surface area contributed by atoms with Gasteiger partial charge in [0.2, 0.25) is 5.91 Å². The molecule has 35 heavy (non-hydrogen) atoms. The van der Waals surface area contributed by atoms with Crippen LogP contribution >= 0.6 is 11.8 Å². The van der Waals surface area contributed by atoms with Gasteiger partial charge in [0.1, 0.15) is 5.75 Å². The van der Waals surface area contributed by atoms with Gasteiger partial charge in [-0.2, -0.15) is 13.2 Å². The summed E-state index contributed by atoms with van der Waals surface area (Å²) in [5.41, 5.74) is -0.258. The molecule has 1 amide bonds. The van der Waals surface area contributed by atoms with Crippen molar-refractivity contribution < 1.29 is 31.1 Å². The number of methoxy groups -OCH3 is 1. The number of halogens is 3. The van der Waals surface area contributed by atoms with Gasteiger partial charge in [0.25, 0.3) is 0 Å². The fourth-order valence-electron chi connectivity index (χ4n) is 4.53. The van der Waals surface area contributed by atoms with Crippen LogP contribution in [0.5, 0.6) is 5.75 Å². The van der Waals surface area contributed by atoms with Crippen LogP contribution in [0.15, 0.2) is 53.4 Å². The van der Waals surface area contributed by atoms with E-state index < -0.39 is 33.7 Å². The number of hydrogen-bond acceptors (Lipinski definition) is 6. The molecule has 3 atom stereocenters. The molecule has 0 bridgehead atoms. The predicted molar refractivity (Wildman–Crippen MR) is 128 cm³/mol. The van der Waals surface area contributed by atoms with Crippen molar-refractivity contribution in [1.82, 2.24) is 10.2 Å². The minimum atomic E-state index is -4.45. The number of nitrogens with zero attached hydrogens (tertiary/aromatic N) is 1. The Balaban J connectivity index is 1.50. The number of rotatable bonds is 7. The first-order chi connectivity index (χ1) is 16.5. The predicted octanol–water partition coefficient (Wildman–Crippen LogP) is 3.75. The average Bonchev–Trinajstić information content (AvgIpc) is 3.35. The number of alkyl halides is 3. The zero-order chi connectivity index (χ0) is 25.2. The molecule has 2 heterocycles. The molecule has 1 unspecified atom stereocenters. The molecule has 0 saturated carbocycles. The lowest BCUT2D eigenvalue weighted by molar-refractivity contribution is -0.137. The van der Waals surface area contributed by atoms with E-state index >= 15 is 0 Å². The topological polar surface area (TPSA) is 75.7 Å². The van der Waals surface area contributed by atoms with E-state index in [-0.39, 0.29) is 29.2 Å². The van der Waals surface area contributed by atoms with E-state index in [0.717, 1.165) is 22.8 Å². The maximum Gasteiger partial charge on any atom is 0.416 e. The molecule has 2 aromatic carbocycles. The van der Waals surface area contributed by atoms with Crippen LogP contribution in [0.2, 0.25) is 0 Å². The summed E-state index contributed by atoms with van der Waals surface area (Å²) in [7, 11) is -1.57. The van der Waals surface area contributed by atoms with Gasteiger partial charge in [0.15, 0.2) is 9.84 Å². The number of sulfone groups is 1. The molecule has 0 spiro atoms.